The number of sulfonamides is 1. The molecule has 0 aromatic heterocycles. The molecule has 2 aromatic carbocycles. The monoisotopic (exact) mass is 524 g/mol. The number of halogens is 2. The number of carbonyl (C=O) groups is 2. The van der Waals surface area contributed by atoms with Gasteiger partial charge in [0.25, 0.3) is 0 Å². The van der Waals surface area contributed by atoms with Crippen LogP contribution >= 0.6 is 0 Å². The van der Waals surface area contributed by atoms with Gasteiger partial charge >= 0.3 is 6.09 Å². The van der Waals surface area contributed by atoms with E-state index in [0.717, 1.165) is 35.1 Å². The summed E-state index contributed by atoms with van der Waals surface area (Å²) in [7, 11) is -1.68. The topological polar surface area (TPSA) is 120 Å². The lowest BCUT2D eigenvalue weighted by Crippen LogP contribution is -2.34. The summed E-state index contributed by atoms with van der Waals surface area (Å²) >= 11 is 0. The Balaban J connectivity index is 1.47. The summed E-state index contributed by atoms with van der Waals surface area (Å²) in [5.41, 5.74) is 1.46. The smallest absolute Gasteiger partial charge is 0.413 e. The van der Waals surface area contributed by atoms with Crippen LogP contribution in [0, 0.1) is 11.6 Å². The molecule has 36 heavy (non-hydrogen) atoms. The summed E-state index contributed by atoms with van der Waals surface area (Å²) in [6.45, 7) is 0.279. The number of nitrogens with zero attached hydrogens (tertiary/aromatic N) is 4. The lowest BCUT2D eigenvalue weighted by Gasteiger charge is -2.20. The Hall–Kier alpha value is -3.42. The SMILES string of the molecule is CN(Cc1ccc(C2=NCCN2C(=O)O)cc1)C(=O)COCCN(C)S(=O)(=O)c1c(F)cccc1F. The lowest BCUT2D eigenvalue weighted by molar-refractivity contribution is -0.135. The number of benzene rings is 2. The summed E-state index contributed by atoms with van der Waals surface area (Å²) in [6.07, 6.45) is -1.07. The minimum Gasteiger partial charge on any atom is -0.465 e. The Kier molecular flexibility index (Phi) is 8.71. The van der Waals surface area contributed by atoms with E-state index in [-0.39, 0.29) is 32.2 Å². The van der Waals surface area contributed by atoms with E-state index >= 15 is 0 Å². The van der Waals surface area contributed by atoms with E-state index in [2.05, 4.69) is 4.99 Å². The van der Waals surface area contributed by atoms with E-state index in [1.165, 1.54) is 9.80 Å². The molecular formula is C23H26F2N4O6S. The van der Waals surface area contributed by atoms with Crippen molar-refractivity contribution >= 4 is 27.9 Å². The van der Waals surface area contributed by atoms with Crippen LogP contribution < -0.4 is 0 Å². The second-order valence-electron chi connectivity index (χ2n) is 8.02. The van der Waals surface area contributed by atoms with Crippen LogP contribution in [0.5, 0.6) is 0 Å². The molecule has 0 saturated heterocycles. The highest BCUT2D eigenvalue weighted by Gasteiger charge is 2.28. The molecule has 0 spiro atoms. The van der Waals surface area contributed by atoms with Crippen molar-refractivity contribution in [3.05, 3.63) is 65.2 Å². The van der Waals surface area contributed by atoms with Gasteiger partial charge in [-0.3, -0.25) is 14.7 Å². The molecule has 2 amide bonds. The minimum atomic E-state index is -4.41. The third-order valence-corrected chi connectivity index (χ3v) is 7.40. The van der Waals surface area contributed by atoms with E-state index in [1.807, 2.05) is 0 Å². The summed E-state index contributed by atoms with van der Waals surface area (Å²) in [4.78, 5) is 29.4. The van der Waals surface area contributed by atoms with E-state index in [9.17, 15) is 31.9 Å². The van der Waals surface area contributed by atoms with Gasteiger partial charge in [0, 0.05) is 32.7 Å². The van der Waals surface area contributed by atoms with Crippen LogP contribution in [-0.4, -0.2) is 92.4 Å². The van der Waals surface area contributed by atoms with Gasteiger partial charge in [-0.2, -0.15) is 4.31 Å². The highest BCUT2D eigenvalue weighted by molar-refractivity contribution is 7.89. The largest absolute Gasteiger partial charge is 0.465 e. The maximum absolute atomic E-state index is 13.9. The molecule has 194 valence electrons. The number of rotatable bonds is 10. The number of carbonyl (C=O) groups excluding carboxylic acids is 1. The predicted octanol–water partition coefficient (Wildman–Crippen LogP) is 2.00. The minimum absolute atomic E-state index is 0.164. The Labute approximate surface area is 207 Å². The second-order valence-corrected chi connectivity index (χ2v) is 10.00. The van der Waals surface area contributed by atoms with Crippen molar-refractivity contribution in [3.8, 4) is 0 Å². The highest BCUT2D eigenvalue weighted by Crippen LogP contribution is 2.21. The van der Waals surface area contributed by atoms with Crippen LogP contribution in [0.15, 0.2) is 52.4 Å². The van der Waals surface area contributed by atoms with Crippen molar-refractivity contribution < 1.29 is 36.6 Å². The Bertz CT molecular complexity index is 1230. The van der Waals surface area contributed by atoms with Crippen molar-refractivity contribution in [3.63, 3.8) is 0 Å². The molecule has 0 radical (unpaired) electrons. The fraction of sp³-hybridized carbons (Fsp3) is 0.348. The number of carboxylic acid groups (broad SMARTS) is 1. The van der Waals surface area contributed by atoms with E-state index in [0.29, 0.717) is 24.5 Å². The van der Waals surface area contributed by atoms with Gasteiger partial charge in [0.2, 0.25) is 15.9 Å². The number of aliphatic imine (C=N–C) groups is 1. The quantitative estimate of drug-likeness (QED) is 0.475. The maximum atomic E-state index is 13.9. The van der Waals surface area contributed by atoms with Gasteiger partial charge in [-0.1, -0.05) is 30.3 Å². The molecule has 0 unspecified atom stereocenters. The van der Waals surface area contributed by atoms with Crippen molar-refractivity contribution in [1.29, 1.82) is 0 Å². The average molecular weight is 525 g/mol. The molecule has 2 aromatic rings. The van der Waals surface area contributed by atoms with Crippen molar-refractivity contribution in [1.82, 2.24) is 14.1 Å². The predicted molar refractivity (Wildman–Crippen MR) is 126 cm³/mol. The first-order valence-electron chi connectivity index (χ1n) is 10.9. The van der Waals surface area contributed by atoms with E-state index in [4.69, 9.17) is 4.74 Å². The Morgan fingerprint density at radius 1 is 1.11 bits per heavy atom. The molecule has 0 saturated carbocycles. The van der Waals surface area contributed by atoms with E-state index < -0.39 is 32.6 Å². The molecule has 10 nitrogen and oxygen atoms in total. The molecule has 0 atom stereocenters. The zero-order chi connectivity index (χ0) is 26.5. The normalized spacial score (nSPS) is 13.7. The number of ether oxygens (including phenoxy) is 1. The molecule has 3 rings (SSSR count). The number of amidine groups is 1. The van der Waals surface area contributed by atoms with Crippen LogP contribution in [0.3, 0.4) is 0 Å². The van der Waals surface area contributed by atoms with Crippen LogP contribution in [0.2, 0.25) is 0 Å². The van der Waals surface area contributed by atoms with Crippen LogP contribution in [0.1, 0.15) is 11.1 Å². The third kappa shape index (κ3) is 6.22. The molecule has 0 bridgehead atoms. The van der Waals surface area contributed by atoms with Gasteiger partial charge in [0.05, 0.1) is 19.7 Å². The maximum Gasteiger partial charge on any atom is 0.413 e. The first kappa shape index (κ1) is 27.2. The summed E-state index contributed by atoms with van der Waals surface area (Å²) in [5.74, 6) is -2.36. The number of amides is 2. The standard InChI is InChI=1S/C23H26F2N4O6S/c1-27(14-16-6-8-17(9-7-16)22-26-10-11-29(22)23(31)32)20(30)15-35-13-12-28(2)36(33,34)21-18(24)4-3-5-19(21)25/h3-9H,10-15H2,1-2H3,(H,31,32). The second kappa shape index (κ2) is 11.5. The van der Waals surface area contributed by atoms with Crippen LogP contribution in [0.25, 0.3) is 0 Å². The zero-order valence-electron chi connectivity index (χ0n) is 19.7. The van der Waals surface area contributed by atoms with Crippen molar-refractivity contribution in [2.24, 2.45) is 4.99 Å². The van der Waals surface area contributed by atoms with Crippen molar-refractivity contribution in [2.75, 3.05) is 46.9 Å². The third-order valence-electron chi connectivity index (χ3n) is 5.49. The van der Waals surface area contributed by atoms with Crippen LogP contribution in [-0.2, 0) is 26.1 Å². The van der Waals surface area contributed by atoms with Crippen molar-refractivity contribution in [2.45, 2.75) is 11.4 Å². The number of hydrogen-bond acceptors (Lipinski definition) is 6. The fourth-order valence-corrected chi connectivity index (χ4v) is 4.73. The molecular weight excluding hydrogens is 498 g/mol. The molecule has 1 heterocycles. The fourth-order valence-electron chi connectivity index (χ4n) is 3.47. The van der Waals surface area contributed by atoms with Gasteiger partial charge in [-0.05, 0) is 17.7 Å². The highest BCUT2D eigenvalue weighted by atomic mass is 32.2. The molecule has 1 aliphatic heterocycles. The molecule has 0 aliphatic carbocycles. The Morgan fingerprint density at radius 2 is 1.75 bits per heavy atom. The van der Waals surface area contributed by atoms with Gasteiger partial charge in [-0.25, -0.2) is 22.0 Å². The molecule has 0 fully saturated rings. The molecule has 1 aliphatic rings. The summed E-state index contributed by atoms with van der Waals surface area (Å²) in [6, 6.07) is 9.79. The molecule has 1 N–H and O–H groups in total. The average Bonchev–Trinajstić information content (AvgIpc) is 3.32. The first-order valence-corrected chi connectivity index (χ1v) is 12.3. The molecule has 13 heteroatoms. The summed E-state index contributed by atoms with van der Waals surface area (Å²) < 4.78 is 58.6. The van der Waals surface area contributed by atoms with E-state index in [1.54, 1.807) is 31.3 Å². The number of likely N-dealkylation sites (N-methyl/N-ethyl adjacent to an activating group) is 2. The van der Waals surface area contributed by atoms with Gasteiger partial charge in [0.15, 0.2) is 4.90 Å². The van der Waals surface area contributed by atoms with Gasteiger partial charge in [0.1, 0.15) is 24.1 Å². The zero-order valence-corrected chi connectivity index (χ0v) is 20.5. The number of hydrogen-bond donors (Lipinski definition) is 1. The lowest BCUT2D eigenvalue weighted by atomic mass is 10.1. The van der Waals surface area contributed by atoms with Gasteiger partial charge in [-0.15, -0.1) is 0 Å². The van der Waals surface area contributed by atoms with Gasteiger partial charge < -0.3 is 14.7 Å². The summed E-state index contributed by atoms with van der Waals surface area (Å²) in [5, 5.41) is 9.24. The van der Waals surface area contributed by atoms with Crippen LogP contribution in [0.4, 0.5) is 13.6 Å². The first-order chi connectivity index (χ1) is 17.0. The Morgan fingerprint density at radius 3 is 2.36 bits per heavy atom.